The van der Waals surface area contributed by atoms with E-state index in [1.165, 1.54) is 0 Å². The molecule has 3 nitrogen and oxygen atoms in total. The summed E-state index contributed by atoms with van der Waals surface area (Å²) in [7, 11) is 0. The number of nitrogens with zero attached hydrogens (tertiary/aromatic N) is 1. The molecule has 1 aliphatic rings. The van der Waals surface area contributed by atoms with E-state index in [0.717, 1.165) is 4.90 Å². The van der Waals surface area contributed by atoms with Crippen molar-refractivity contribution >= 4 is 34.9 Å². The summed E-state index contributed by atoms with van der Waals surface area (Å²) in [6.45, 7) is 0.332. The van der Waals surface area contributed by atoms with Crippen LogP contribution in [0, 0.1) is 0 Å². The van der Waals surface area contributed by atoms with Crippen LogP contribution in [0.2, 0.25) is 10.0 Å². The van der Waals surface area contributed by atoms with Crippen LogP contribution in [0.4, 0.5) is 23.7 Å². The fraction of sp³-hybridized carbons (Fsp3) is 0.278. The van der Waals surface area contributed by atoms with E-state index in [1.807, 2.05) is 0 Å². The van der Waals surface area contributed by atoms with Crippen LogP contribution in [0.1, 0.15) is 24.5 Å². The van der Waals surface area contributed by atoms with E-state index >= 15 is 0 Å². The van der Waals surface area contributed by atoms with E-state index in [1.54, 1.807) is 49.4 Å². The van der Waals surface area contributed by atoms with E-state index < -0.39 is 24.3 Å². The van der Waals surface area contributed by atoms with Crippen molar-refractivity contribution in [2.75, 3.05) is 11.9 Å². The molecule has 1 aliphatic heterocycles. The first kappa shape index (κ1) is 18.9. The molecule has 1 atom stereocenters. The molecular formula is C18H15Cl2F3N2O. The highest BCUT2D eigenvalue weighted by molar-refractivity contribution is 6.31. The lowest BCUT2D eigenvalue weighted by Gasteiger charge is -2.48. The number of fused-ring (bicyclic) bond motifs is 1. The van der Waals surface area contributed by atoms with Crippen LogP contribution < -0.4 is 5.32 Å². The van der Waals surface area contributed by atoms with Gasteiger partial charge < -0.3 is 10.2 Å². The quantitative estimate of drug-likeness (QED) is 0.664. The number of nitrogens with one attached hydrogen (secondary N) is 1. The maximum atomic E-state index is 13.3. The number of amides is 2. The van der Waals surface area contributed by atoms with Gasteiger partial charge >= 0.3 is 12.2 Å². The Morgan fingerprint density at radius 3 is 2.42 bits per heavy atom. The van der Waals surface area contributed by atoms with Crippen LogP contribution in [0.5, 0.6) is 0 Å². The summed E-state index contributed by atoms with van der Waals surface area (Å²) < 4.78 is 39.8. The molecule has 2 amide bonds. The van der Waals surface area contributed by atoms with Crippen molar-refractivity contribution in [1.82, 2.24) is 4.90 Å². The number of halogens is 5. The summed E-state index contributed by atoms with van der Waals surface area (Å²) in [4.78, 5) is 13.4. The van der Waals surface area contributed by atoms with Gasteiger partial charge in [0.2, 0.25) is 0 Å². The minimum absolute atomic E-state index is 0.212. The van der Waals surface area contributed by atoms with Gasteiger partial charge in [0, 0.05) is 21.3 Å². The number of anilines is 1. The number of rotatable bonds is 3. The summed E-state index contributed by atoms with van der Waals surface area (Å²) in [6, 6.07) is 10.5. The molecule has 1 heterocycles. The zero-order valence-corrected chi connectivity index (χ0v) is 15.2. The number of carbonyl (C=O) groups is 1. The van der Waals surface area contributed by atoms with Gasteiger partial charge in [0.25, 0.3) is 0 Å². The predicted octanol–water partition coefficient (Wildman–Crippen LogP) is 6.06. The molecule has 1 N–H and O–H groups in total. The second-order valence-electron chi connectivity index (χ2n) is 6.05. The molecule has 2 aromatic carbocycles. The first-order valence-corrected chi connectivity index (χ1v) is 8.64. The second-order valence-corrected chi connectivity index (χ2v) is 6.92. The van der Waals surface area contributed by atoms with Crippen molar-refractivity contribution in [2.24, 2.45) is 0 Å². The molecule has 0 radical (unpaired) electrons. The monoisotopic (exact) mass is 402 g/mol. The Morgan fingerprint density at radius 1 is 1.12 bits per heavy atom. The van der Waals surface area contributed by atoms with Gasteiger partial charge in [-0.2, -0.15) is 13.2 Å². The summed E-state index contributed by atoms with van der Waals surface area (Å²) in [5.41, 5.74) is 0.0802. The van der Waals surface area contributed by atoms with Crippen molar-refractivity contribution in [2.45, 2.75) is 25.1 Å². The summed E-state index contributed by atoms with van der Waals surface area (Å²) in [5, 5.41) is 3.27. The van der Waals surface area contributed by atoms with Crippen molar-refractivity contribution in [3.05, 3.63) is 63.6 Å². The molecule has 0 saturated heterocycles. The van der Waals surface area contributed by atoms with Crippen LogP contribution in [0.25, 0.3) is 0 Å². The van der Waals surface area contributed by atoms with Gasteiger partial charge in [0.1, 0.15) is 6.54 Å². The third kappa shape index (κ3) is 3.23. The Labute approximate surface area is 158 Å². The summed E-state index contributed by atoms with van der Waals surface area (Å²) >= 11 is 12.2. The number of alkyl halides is 3. The molecule has 26 heavy (non-hydrogen) atoms. The fourth-order valence-electron chi connectivity index (χ4n) is 3.50. The summed E-state index contributed by atoms with van der Waals surface area (Å²) in [6.07, 6.45) is -4.35. The zero-order chi connectivity index (χ0) is 19.1. The fourth-order valence-corrected chi connectivity index (χ4v) is 3.86. The molecule has 1 unspecified atom stereocenters. The van der Waals surface area contributed by atoms with E-state index in [4.69, 9.17) is 23.2 Å². The lowest BCUT2D eigenvalue weighted by molar-refractivity contribution is -0.148. The maximum Gasteiger partial charge on any atom is 0.406 e. The smallest absolute Gasteiger partial charge is 0.307 e. The standard InChI is InChI=1S/C18H15Cl2F3N2O/c1-2-17(11-4-3-5-12(19)8-11)14-9-13(20)6-7-15(14)24-16(26)25(17)10-18(21,22)23/h3-9H,2,10H2,1H3,(H,24,26). The molecule has 0 aliphatic carbocycles. The van der Waals surface area contributed by atoms with Gasteiger partial charge in [0.05, 0.1) is 5.54 Å². The van der Waals surface area contributed by atoms with Crippen molar-refractivity contribution < 1.29 is 18.0 Å². The number of hydrogen-bond donors (Lipinski definition) is 1. The lowest BCUT2D eigenvalue weighted by Crippen LogP contribution is -2.57. The van der Waals surface area contributed by atoms with Crippen LogP contribution in [-0.4, -0.2) is 23.7 Å². The second kappa shape index (κ2) is 6.67. The minimum atomic E-state index is -4.56. The van der Waals surface area contributed by atoms with E-state index in [-0.39, 0.29) is 6.42 Å². The van der Waals surface area contributed by atoms with E-state index in [0.29, 0.717) is 26.9 Å². The predicted molar refractivity (Wildman–Crippen MR) is 95.8 cm³/mol. The van der Waals surface area contributed by atoms with Crippen LogP contribution >= 0.6 is 23.2 Å². The number of benzene rings is 2. The molecule has 0 saturated carbocycles. The number of urea groups is 1. The topological polar surface area (TPSA) is 32.3 Å². The highest BCUT2D eigenvalue weighted by Crippen LogP contribution is 2.47. The highest BCUT2D eigenvalue weighted by Gasteiger charge is 2.50. The minimum Gasteiger partial charge on any atom is -0.307 e. The Bertz CT molecular complexity index is 857. The molecule has 0 bridgehead atoms. The van der Waals surface area contributed by atoms with Gasteiger partial charge in [-0.25, -0.2) is 4.79 Å². The zero-order valence-electron chi connectivity index (χ0n) is 13.7. The average Bonchev–Trinajstić information content (AvgIpc) is 2.55. The lowest BCUT2D eigenvalue weighted by atomic mass is 9.77. The van der Waals surface area contributed by atoms with Gasteiger partial charge in [-0.15, -0.1) is 0 Å². The number of hydrogen-bond acceptors (Lipinski definition) is 1. The summed E-state index contributed by atoms with van der Waals surface area (Å²) in [5.74, 6) is 0. The molecule has 0 spiro atoms. The van der Waals surface area contributed by atoms with Crippen molar-refractivity contribution in [1.29, 1.82) is 0 Å². The third-order valence-electron chi connectivity index (χ3n) is 4.53. The van der Waals surface area contributed by atoms with E-state index in [9.17, 15) is 18.0 Å². The largest absolute Gasteiger partial charge is 0.406 e. The first-order chi connectivity index (χ1) is 12.2. The normalized spacial score (nSPS) is 19.9. The number of carbonyl (C=O) groups excluding carboxylic acids is 1. The maximum absolute atomic E-state index is 13.3. The third-order valence-corrected chi connectivity index (χ3v) is 5.00. The van der Waals surface area contributed by atoms with Gasteiger partial charge in [-0.1, -0.05) is 42.3 Å². The molecule has 3 rings (SSSR count). The highest BCUT2D eigenvalue weighted by atomic mass is 35.5. The molecular weight excluding hydrogens is 388 g/mol. The van der Waals surface area contributed by atoms with Crippen LogP contribution in [0.15, 0.2) is 42.5 Å². The molecule has 2 aromatic rings. The van der Waals surface area contributed by atoms with Gasteiger partial charge in [0.15, 0.2) is 0 Å². The van der Waals surface area contributed by atoms with E-state index in [2.05, 4.69) is 5.32 Å². The SMILES string of the molecule is CCC1(c2cccc(Cl)c2)c2cc(Cl)ccc2NC(=O)N1CC(F)(F)F. The van der Waals surface area contributed by atoms with Crippen molar-refractivity contribution in [3.8, 4) is 0 Å². The van der Waals surface area contributed by atoms with Gasteiger partial charge in [-0.05, 0) is 42.3 Å². The van der Waals surface area contributed by atoms with Crippen molar-refractivity contribution in [3.63, 3.8) is 0 Å². The Hall–Kier alpha value is -1.92. The molecule has 0 fully saturated rings. The Morgan fingerprint density at radius 2 is 1.81 bits per heavy atom. The molecule has 138 valence electrons. The van der Waals surface area contributed by atoms with Crippen LogP contribution in [0.3, 0.4) is 0 Å². The Balaban J connectivity index is 2.32. The first-order valence-electron chi connectivity index (χ1n) is 7.89. The Kier molecular flexibility index (Phi) is 4.84. The molecule has 8 heteroatoms. The molecule has 0 aromatic heterocycles. The average molecular weight is 403 g/mol. The van der Waals surface area contributed by atoms with Gasteiger partial charge in [-0.3, -0.25) is 0 Å². The van der Waals surface area contributed by atoms with Crippen LogP contribution in [-0.2, 0) is 5.54 Å².